The van der Waals surface area contributed by atoms with E-state index in [1.54, 1.807) is 0 Å². The summed E-state index contributed by atoms with van der Waals surface area (Å²) in [5.74, 6) is 0. The first-order chi connectivity index (χ1) is 25.9. The van der Waals surface area contributed by atoms with E-state index >= 15 is 0 Å². The molecule has 0 unspecified atom stereocenters. The minimum Gasteiger partial charge on any atom is -0.310 e. The number of anilines is 3. The minimum atomic E-state index is 0.962. The molecule has 0 atom stereocenters. The zero-order chi connectivity index (χ0) is 36.5. The van der Waals surface area contributed by atoms with Gasteiger partial charge in [0, 0.05) is 22.5 Å². The number of fused-ring (bicyclic) bond motifs is 3. The van der Waals surface area contributed by atoms with Crippen LogP contribution >= 0.6 is 0 Å². The first-order valence-corrected chi connectivity index (χ1v) is 18.6. The third kappa shape index (κ3) is 6.54. The fourth-order valence-electron chi connectivity index (χ4n) is 7.80. The number of rotatable bonds is 8. The highest BCUT2D eigenvalue weighted by molar-refractivity contribution is 6.15. The smallest absolute Gasteiger partial charge is 0.0664 e. The van der Waals surface area contributed by atoms with E-state index in [-0.39, 0.29) is 0 Å². The maximum absolute atomic E-state index is 4.89. The Kier molecular flexibility index (Phi) is 9.21. The van der Waals surface area contributed by atoms with Crippen LogP contribution in [0.25, 0.3) is 54.9 Å². The molecule has 53 heavy (non-hydrogen) atoms. The normalized spacial score (nSPS) is 11.2. The van der Waals surface area contributed by atoms with E-state index in [1.165, 1.54) is 71.6 Å². The van der Waals surface area contributed by atoms with Gasteiger partial charge < -0.3 is 4.90 Å². The Morgan fingerprint density at radius 3 is 1.89 bits per heavy atom. The molecule has 0 fully saturated rings. The summed E-state index contributed by atoms with van der Waals surface area (Å²) in [5, 5.41) is 4.90. The summed E-state index contributed by atoms with van der Waals surface area (Å²) in [7, 11) is 0. The molecule has 258 valence electrons. The van der Waals surface area contributed by atoms with Crippen LogP contribution < -0.4 is 4.90 Å². The van der Waals surface area contributed by atoms with Crippen molar-refractivity contribution < 1.29 is 0 Å². The molecule has 0 radical (unpaired) electrons. The number of hydrogen-bond donors (Lipinski definition) is 0. The van der Waals surface area contributed by atoms with Crippen molar-refractivity contribution in [3.05, 3.63) is 180 Å². The van der Waals surface area contributed by atoms with Crippen LogP contribution in [-0.2, 0) is 6.42 Å². The zero-order valence-corrected chi connectivity index (χ0v) is 31.2. The fourth-order valence-corrected chi connectivity index (χ4v) is 7.80. The van der Waals surface area contributed by atoms with E-state index in [4.69, 9.17) is 4.99 Å². The van der Waals surface area contributed by atoms with Crippen LogP contribution in [-0.4, -0.2) is 5.71 Å². The van der Waals surface area contributed by atoms with Crippen molar-refractivity contribution in [2.75, 3.05) is 4.90 Å². The average Bonchev–Trinajstić information content (AvgIpc) is 3.19. The molecule has 2 nitrogen and oxygen atoms in total. The molecule has 8 rings (SSSR count). The topological polar surface area (TPSA) is 15.6 Å². The standard InChI is InChI=1S/C51H44N2/c1-6-37-31-42(26-28-46(37)45-22-11-10-15-35(45)4)41-19-13-21-44(33-41)53(43-20-12-18-40(32-43)38-16-8-7-9-17-38)50-24-14-23-48-47(50)29-25-39-27-30-49(52-34(2)3)36(5)51(39)48/h7-33H,6H2,1-5H3. The monoisotopic (exact) mass is 684 g/mol. The second-order valence-corrected chi connectivity index (χ2v) is 14.1. The summed E-state index contributed by atoms with van der Waals surface area (Å²) in [6.45, 7) is 10.8. The van der Waals surface area contributed by atoms with Gasteiger partial charge in [0.25, 0.3) is 0 Å². The molecule has 0 saturated heterocycles. The number of aryl methyl sites for hydroxylation is 3. The summed E-state index contributed by atoms with van der Waals surface area (Å²) in [5.41, 5.74) is 16.7. The summed E-state index contributed by atoms with van der Waals surface area (Å²) in [6, 6.07) is 59.9. The van der Waals surface area contributed by atoms with Crippen LogP contribution in [0.4, 0.5) is 22.7 Å². The van der Waals surface area contributed by atoms with Crippen molar-refractivity contribution in [1.82, 2.24) is 0 Å². The maximum Gasteiger partial charge on any atom is 0.0664 e. The van der Waals surface area contributed by atoms with Gasteiger partial charge in [-0.1, -0.05) is 134 Å². The highest BCUT2D eigenvalue weighted by Crippen LogP contribution is 2.44. The maximum atomic E-state index is 4.89. The van der Waals surface area contributed by atoms with Crippen molar-refractivity contribution in [2.45, 2.75) is 41.0 Å². The lowest BCUT2D eigenvalue weighted by molar-refractivity contribution is 1.14. The molecular weight excluding hydrogens is 641 g/mol. The summed E-state index contributed by atoms with van der Waals surface area (Å²) >= 11 is 0. The molecule has 0 saturated carbocycles. The van der Waals surface area contributed by atoms with Crippen LogP contribution in [0.5, 0.6) is 0 Å². The highest BCUT2D eigenvalue weighted by atomic mass is 15.1. The summed E-state index contributed by atoms with van der Waals surface area (Å²) in [6.07, 6.45) is 0.962. The molecule has 0 heterocycles. The Hall–Kier alpha value is -6.25. The van der Waals surface area contributed by atoms with Gasteiger partial charge in [0.2, 0.25) is 0 Å². The predicted molar refractivity (Wildman–Crippen MR) is 230 cm³/mol. The van der Waals surface area contributed by atoms with Gasteiger partial charge in [0.15, 0.2) is 0 Å². The molecule has 0 aliphatic carbocycles. The van der Waals surface area contributed by atoms with E-state index in [2.05, 4.69) is 203 Å². The first-order valence-electron chi connectivity index (χ1n) is 18.6. The van der Waals surface area contributed by atoms with Crippen LogP contribution in [0.1, 0.15) is 37.5 Å². The second-order valence-electron chi connectivity index (χ2n) is 14.1. The van der Waals surface area contributed by atoms with E-state index in [1.807, 2.05) is 0 Å². The Morgan fingerprint density at radius 2 is 1.17 bits per heavy atom. The number of benzene rings is 8. The van der Waals surface area contributed by atoms with E-state index < -0.39 is 0 Å². The van der Waals surface area contributed by atoms with Crippen molar-refractivity contribution in [1.29, 1.82) is 0 Å². The third-order valence-electron chi connectivity index (χ3n) is 10.4. The van der Waals surface area contributed by atoms with Gasteiger partial charge in [-0.3, -0.25) is 4.99 Å². The average molecular weight is 685 g/mol. The molecule has 0 aliphatic heterocycles. The third-order valence-corrected chi connectivity index (χ3v) is 10.4. The Balaban J connectivity index is 1.33. The number of nitrogens with zero attached hydrogens (tertiary/aromatic N) is 2. The van der Waals surface area contributed by atoms with Crippen LogP contribution in [0, 0.1) is 13.8 Å². The van der Waals surface area contributed by atoms with Crippen molar-refractivity contribution in [2.24, 2.45) is 4.99 Å². The van der Waals surface area contributed by atoms with Crippen molar-refractivity contribution >= 4 is 50.0 Å². The van der Waals surface area contributed by atoms with Gasteiger partial charge in [0.1, 0.15) is 0 Å². The lowest BCUT2D eigenvalue weighted by Gasteiger charge is -2.28. The SMILES string of the molecule is CCc1cc(-c2cccc(N(c3cccc(-c4ccccc4)c3)c3cccc4c3ccc3ccc(N=C(C)C)c(C)c34)c2)ccc1-c1ccccc1C. The molecule has 0 bridgehead atoms. The number of hydrogen-bond acceptors (Lipinski definition) is 2. The quantitative estimate of drug-likeness (QED) is 0.115. The molecule has 0 aromatic heterocycles. The van der Waals surface area contributed by atoms with Crippen molar-refractivity contribution in [3.63, 3.8) is 0 Å². The van der Waals surface area contributed by atoms with E-state index in [0.717, 1.165) is 34.9 Å². The summed E-state index contributed by atoms with van der Waals surface area (Å²) in [4.78, 5) is 7.32. The molecule has 2 heteroatoms. The largest absolute Gasteiger partial charge is 0.310 e. The molecule has 0 N–H and O–H groups in total. The van der Waals surface area contributed by atoms with Gasteiger partial charge in [-0.15, -0.1) is 0 Å². The van der Waals surface area contributed by atoms with Crippen molar-refractivity contribution in [3.8, 4) is 33.4 Å². The van der Waals surface area contributed by atoms with E-state index in [0.29, 0.717) is 0 Å². The Bertz CT molecular complexity index is 2640. The van der Waals surface area contributed by atoms with Gasteiger partial charge in [-0.25, -0.2) is 0 Å². The molecular formula is C51H44N2. The van der Waals surface area contributed by atoms with E-state index in [9.17, 15) is 0 Å². The van der Waals surface area contributed by atoms with Gasteiger partial charge in [0.05, 0.1) is 11.4 Å². The fraction of sp³-hybridized carbons (Fsp3) is 0.118. The Morgan fingerprint density at radius 1 is 0.528 bits per heavy atom. The van der Waals surface area contributed by atoms with Gasteiger partial charge in [-0.2, -0.15) is 0 Å². The lowest BCUT2D eigenvalue weighted by atomic mass is 9.91. The summed E-state index contributed by atoms with van der Waals surface area (Å²) < 4.78 is 0. The van der Waals surface area contributed by atoms with Gasteiger partial charge in [-0.05, 0) is 137 Å². The van der Waals surface area contributed by atoms with Crippen LogP contribution in [0.2, 0.25) is 0 Å². The predicted octanol–water partition coefficient (Wildman–Crippen LogP) is 14.8. The zero-order valence-electron chi connectivity index (χ0n) is 31.2. The molecule has 0 spiro atoms. The minimum absolute atomic E-state index is 0.962. The molecule has 0 amide bonds. The first kappa shape index (κ1) is 33.9. The Labute approximate surface area is 313 Å². The van der Waals surface area contributed by atoms with Crippen LogP contribution in [0.15, 0.2) is 169 Å². The lowest BCUT2D eigenvalue weighted by Crippen LogP contribution is -2.11. The molecule has 0 aliphatic rings. The van der Waals surface area contributed by atoms with Gasteiger partial charge >= 0.3 is 0 Å². The molecule has 8 aromatic carbocycles. The second kappa shape index (κ2) is 14.4. The van der Waals surface area contributed by atoms with Crippen LogP contribution in [0.3, 0.4) is 0 Å². The number of aliphatic imine (C=N–C) groups is 1. The highest BCUT2D eigenvalue weighted by Gasteiger charge is 2.19. The molecule has 8 aromatic rings.